The molecule has 0 radical (unpaired) electrons. The standard InChI is InChI=1S/C9H19NO.C2H6/c1-5-8(4)10-9(11)6-7(2)3;1-2/h7-8H,5-6H2,1-4H3,(H,10,11);1-2H3. The van der Waals surface area contributed by atoms with E-state index in [-0.39, 0.29) is 5.91 Å². The van der Waals surface area contributed by atoms with E-state index in [4.69, 9.17) is 0 Å². The third-order valence-corrected chi connectivity index (χ3v) is 1.61. The lowest BCUT2D eigenvalue weighted by Gasteiger charge is -2.12. The van der Waals surface area contributed by atoms with E-state index in [0.29, 0.717) is 18.4 Å². The molecule has 0 saturated carbocycles. The quantitative estimate of drug-likeness (QED) is 0.720. The molecule has 13 heavy (non-hydrogen) atoms. The lowest BCUT2D eigenvalue weighted by molar-refractivity contribution is -0.122. The zero-order valence-corrected chi connectivity index (χ0v) is 9.98. The third kappa shape index (κ3) is 11.5. The van der Waals surface area contributed by atoms with Gasteiger partial charge in [-0.2, -0.15) is 0 Å². The van der Waals surface area contributed by atoms with Gasteiger partial charge >= 0.3 is 0 Å². The van der Waals surface area contributed by atoms with Crippen molar-refractivity contribution in [3.8, 4) is 0 Å². The zero-order chi connectivity index (χ0) is 10.9. The number of hydrogen-bond acceptors (Lipinski definition) is 1. The van der Waals surface area contributed by atoms with E-state index in [1.54, 1.807) is 0 Å². The summed E-state index contributed by atoms with van der Waals surface area (Å²) in [5.41, 5.74) is 0. The molecular formula is C11H25NO. The summed E-state index contributed by atoms with van der Waals surface area (Å²) in [5, 5.41) is 2.92. The van der Waals surface area contributed by atoms with Crippen molar-refractivity contribution in [1.29, 1.82) is 0 Å². The van der Waals surface area contributed by atoms with Crippen LogP contribution in [-0.2, 0) is 4.79 Å². The number of nitrogens with one attached hydrogen (secondary N) is 1. The fourth-order valence-electron chi connectivity index (χ4n) is 0.807. The average molecular weight is 187 g/mol. The van der Waals surface area contributed by atoms with Crippen LogP contribution in [-0.4, -0.2) is 11.9 Å². The summed E-state index contributed by atoms with van der Waals surface area (Å²) in [6.07, 6.45) is 1.65. The van der Waals surface area contributed by atoms with E-state index in [2.05, 4.69) is 26.1 Å². The van der Waals surface area contributed by atoms with Crippen LogP contribution < -0.4 is 5.32 Å². The fraction of sp³-hybridized carbons (Fsp3) is 0.909. The van der Waals surface area contributed by atoms with Crippen molar-refractivity contribution < 1.29 is 4.79 Å². The minimum atomic E-state index is 0.175. The second-order valence-corrected chi connectivity index (χ2v) is 3.47. The van der Waals surface area contributed by atoms with Gasteiger partial charge in [0.2, 0.25) is 5.91 Å². The van der Waals surface area contributed by atoms with Crippen molar-refractivity contribution >= 4 is 5.91 Å². The Morgan fingerprint density at radius 2 is 1.69 bits per heavy atom. The Balaban J connectivity index is 0. The summed E-state index contributed by atoms with van der Waals surface area (Å²) in [7, 11) is 0. The van der Waals surface area contributed by atoms with Gasteiger partial charge < -0.3 is 5.32 Å². The first kappa shape index (κ1) is 15.0. The van der Waals surface area contributed by atoms with Gasteiger partial charge in [-0.3, -0.25) is 4.79 Å². The Hall–Kier alpha value is -0.530. The SMILES string of the molecule is CC.CCC(C)NC(=O)CC(C)C. The normalized spacial score (nSPS) is 11.6. The van der Waals surface area contributed by atoms with Gasteiger partial charge in [-0.1, -0.05) is 34.6 Å². The maximum atomic E-state index is 11.1. The van der Waals surface area contributed by atoms with Crippen molar-refractivity contribution in [2.75, 3.05) is 0 Å². The Morgan fingerprint density at radius 1 is 1.23 bits per heavy atom. The van der Waals surface area contributed by atoms with E-state index in [1.165, 1.54) is 0 Å². The van der Waals surface area contributed by atoms with Crippen LogP contribution in [0, 0.1) is 5.92 Å². The van der Waals surface area contributed by atoms with Gasteiger partial charge in [0, 0.05) is 12.5 Å². The van der Waals surface area contributed by atoms with Gasteiger partial charge in [0.15, 0.2) is 0 Å². The maximum Gasteiger partial charge on any atom is 0.220 e. The molecule has 0 aliphatic rings. The van der Waals surface area contributed by atoms with Crippen LogP contribution in [0.3, 0.4) is 0 Å². The van der Waals surface area contributed by atoms with Gasteiger partial charge in [0.1, 0.15) is 0 Å². The van der Waals surface area contributed by atoms with Crippen molar-refractivity contribution in [2.45, 2.75) is 60.4 Å². The smallest absolute Gasteiger partial charge is 0.220 e. The van der Waals surface area contributed by atoms with E-state index in [1.807, 2.05) is 20.8 Å². The molecule has 2 heteroatoms. The lowest BCUT2D eigenvalue weighted by Crippen LogP contribution is -2.32. The van der Waals surface area contributed by atoms with Crippen LogP contribution >= 0.6 is 0 Å². The molecule has 0 aromatic heterocycles. The summed E-state index contributed by atoms with van der Waals surface area (Å²) >= 11 is 0. The minimum Gasteiger partial charge on any atom is -0.354 e. The summed E-state index contributed by atoms with van der Waals surface area (Å²) in [4.78, 5) is 11.1. The van der Waals surface area contributed by atoms with Crippen LogP contribution in [0.15, 0.2) is 0 Å². The monoisotopic (exact) mass is 187 g/mol. The first-order valence-electron chi connectivity index (χ1n) is 5.35. The molecule has 1 atom stereocenters. The van der Waals surface area contributed by atoms with Crippen molar-refractivity contribution in [1.82, 2.24) is 5.32 Å². The molecule has 0 heterocycles. The van der Waals surface area contributed by atoms with E-state index < -0.39 is 0 Å². The predicted octanol–water partition coefficient (Wildman–Crippen LogP) is 2.97. The number of hydrogen-bond donors (Lipinski definition) is 1. The molecule has 1 amide bonds. The first-order chi connectivity index (χ1) is 6.06. The Labute approximate surface area is 83.1 Å². The molecule has 0 aromatic carbocycles. The average Bonchev–Trinajstić information content (AvgIpc) is 2.06. The van der Waals surface area contributed by atoms with Gasteiger partial charge in [-0.15, -0.1) is 0 Å². The molecule has 1 unspecified atom stereocenters. The Morgan fingerprint density at radius 3 is 2.00 bits per heavy atom. The van der Waals surface area contributed by atoms with Gasteiger partial charge in [0.25, 0.3) is 0 Å². The zero-order valence-electron chi connectivity index (χ0n) is 9.98. The first-order valence-corrected chi connectivity index (χ1v) is 5.35. The molecule has 2 nitrogen and oxygen atoms in total. The van der Waals surface area contributed by atoms with E-state index in [0.717, 1.165) is 6.42 Å². The van der Waals surface area contributed by atoms with Gasteiger partial charge in [-0.05, 0) is 19.3 Å². The molecule has 1 N–H and O–H groups in total. The molecule has 0 spiro atoms. The maximum absolute atomic E-state index is 11.1. The summed E-state index contributed by atoms with van der Waals surface area (Å²) in [5.74, 6) is 0.633. The topological polar surface area (TPSA) is 29.1 Å². The van der Waals surface area contributed by atoms with Crippen molar-refractivity contribution in [3.05, 3.63) is 0 Å². The Kier molecular flexibility index (Phi) is 11.0. The summed E-state index contributed by atoms with van der Waals surface area (Å²) in [6, 6.07) is 0.321. The third-order valence-electron chi connectivity index (χ3n) is 1.61. The highest BCUT2D eigenvalue weighted by Crippen LogP contribution is 1.99. The van der Waals surface area contributed by atoms with Crippen LogP contribution in [0.2, 0.25) is 0 Å². The fourth-order valence-corrected chi connectivity index (χ4v) is 0.807. The van der Waals surface area contributed by atoms with Gasteiger partial charge in [-0.25, -0.2) is 0 Å². The highest BCUT2D eigenvalue weighted by molar-refractivity contribution is 5.76. The van der Waals surface area contributed by atoms with Crippen molar-refractivity contribution in [3.63, 3.8) is 0 Å². The lowest BCUT2D eigenvalue weighted by atomic mass is 10.1. The van der Waals surface area contributed by atoms with Crippen molar-refractivity contribution in [2.24, 2.45) is 5.92 Å². The number of carbonyl (C=O) groups excluding carboxylic acids is 1. The molecule has 0 aliphatic carbocycles. The van der Waals surface area contributed by atoms with Crippen LogP contribution in [0.4, 0.5) is 0 Å². The number of amides is 1. The van der Waals surface area contributed by atoms with Crippen LogP contribution in [0.25, 0.3) is 0 Å². The van der Waals surface area contributed by atoms with Crippen LogP contribution in [0.5, 0.6) is 0 Å². The van der Waals surface area contributed by atoms with Gasteiger partial charge in [0.05, 0.1) is 0 Å². The molecule has 80 valence electrons. The predicted molar refractivity (Wildman–Crippen MR) is 58.7 cm³/mol. The molecule has 0 rings (SSSR count). The molecular weight excluding hydrogens is 162 g/mol. The molecule has 0 aliphatic heterocycles. The summed E-state index contributed by atoms with van der Waals surface area (Å²) < 4.78 is 0. The molecule has 0 bridgehead atoms. The molecule has 0 aromatic rings. The largest absolute Gasteiger partial charge is 0.354 e. The molecule has 0 fully saturated rings. The minimum absolute atomic E-state index is 0.175. The highest BCUT2D eigenvalue weighted by atomic mass is 16.1. The number of carbonyl (C=O) groups is 1. The summed E-state index contributed by atoms with van der Waals surface area (Å²) in [6.45, 7) is 12.2. The van der Waals surface area contributed by atoms with E-state index >= 15 is 0 Å². The van der Waals surface area contributed by atoms with Crippen LogP contribution in [0.1, 0.15) is 54.4 Å². The number of rotatable bonds is 4. The second-order valence-electron chi connectivity index (χ2n) is 3.47. The molecule has 0 saturated heterocycles. The second kappa shape index (κ2) is 9.56. The highest BCUT2D eigenvalue weighted by Gasteiger charge is 2.06. The van der Waals surface area contributed by atoms with E-state index in [9.17, 15) is 4.79 Å². The Bertz CT molecular complexity index is 121.